The van der Waals surface area contributed by atoms with Crippen LogP contribution in [0.15, 0.2) is 60.7 Å². The largest absolute Gasteiger partial charge is 0.387 e. The number of para-hydroxylation sites is 1. The minimum Gasteiger partial charge on any atom is -0.387 e. The molecule has 4 heteroatoms. The zero-order chi connectivity index (χ0) is 17.5. The molecule has 1 amide bonds. The van der Waals surface area contributed by atoms with Crippen molar-refractivity contribution >= 4 is 11.6 Å². The molecule has 0 spiro atoms. The summed E-state index contributed by atoms with van der Waals surface area (Å²) in [5, 5.41) is 9.36. The Kier molecular flexibility index (Phi) is 6.20. The second-order valence-corrected chi connectivity index (χ2v) is 6.57. The zero-order valence-electron chi connectivity index (χ0n) is 14.6. The van der Waals surface area contributed by atoms with Gasteiger partial charge in [-0.2, -0.15) is 0 Å². The molecule has 1 aliphatic heterocycles. The summed E-state index contributed by atoms with van der Waals surface area (Å²) in [6.07, 6.45) is 2.94. The highest BCUT2D eigenvalue weighted by atomic mass is 16.3. The van der Waals surface area contributed by atoms with Crippen molar-refractivity contribution in [2.24, 2.45) is 0 Å². The van der Waals surface area contributed by atoms with Crippen LogP contribution in [0.2, 0.25) is 0 Å². The number of piperidine rings is 1. The van der Waals surface area contributed by atoms with Crippen LogP contribution in [0.4, 0.5) is 5.69 Å². The highest BCUT2D eigenvalue weighted by Gasteiger charge is 2.28. The summed E-state index contributed by atoms with van der Waals surface area (Å²) in [5.41, 5.74) is 2.25. The quantitative estimate of drug-likeness (QED) is 0.881. The predicted molar refractivity (Wildman–Crippen MR) is 101 cm³/mol. The maximum absolute atomic E-state index is 12.3. The first-order valence-corrected chi connectivity index (χ1v) is 9.02. The van der Waals surface area contributed by atoms with Crippen molar-refractivity contribution in [3.63, 3.8) is 0 Å². The van der Waals surface area contributed by atoms with Gasteiger partial charge in [-0.15, -0.1) is 0 Å². The highest BCUT2D eigenvalue weighted by molar-refractivity contribution is 5.94. The lowest BCUT2D eigenvalue weighted by Gasteiger charge is -2.38. The van der Waals surface area contributed by atoms with E-state index in [2.05, 4.69) is 29.2 Å². The Labute approximate surface area is 149 Å². The van der Waals surface area contributed by atoms with Crippen LogP contribution >= 0.6 is 0 Å². The second-order valence-electron chi connectivity index (χ2n) is 6.57. The first-order valence-electron chi connectivity index (χ1n) is 9.02. The lowest BCUT2D eigenvalue weighted by molar-refractivity contribution is -0.122. The number of carbonyl (C=O) groups is 1. The van der Waals surface area contributed by atoms with Gasteiger partial charge in [-0.3, -0.25) is 4.79 Å². The molecule has 0 aliphatic carbocycles. The molecule has 3 rings (SSSR count). The Morgan fingerprint density at radius 3 is 2.20 bits per heavy atom. The van der Waals surface area contributed by atoms with E-state index < -0.39 is 6.61 Å². The van der Waals surface area contributed by atoms with Crippen LogP contribution in [0.3, 0.4) is 0 Å². The zero-order valence-corrected chi connectivity index (χ0v) is 14.6. The van der Waals surface area contributed by atoms with E-state index in [4.69, 9.17) is 0 Å². The summed E-state index contributed by atoms with van der Waals surface area (Å²) >= 11 is 0. The summed E-state index contributed by atoms with van der Waals surface area (Å²) < 4.78 is 0. The fraction of sp³-hybridized carbons (Fsp3) is 0.381. The van der Waals surface area contributed by atoms with Crippen LogP contribution in [0.5, 0.6) is 0 Å². The van der Waals surface area contributed by atoms with Gasteiger partial charge in [0.1, 0.15) is 6.61 Å². The maximum Gasteiger partial charge on any atom is 0.252 e. The van der Waals surface area contributed by atoms with E-state index in [1.807, 2.05) is 36.4 Å². The fourth-order valence-corrected chi connectivity index (χ4v) is 3.56. The number of carbonyl (C=O) groups excluding carboxylic acids is 1. The molecule has 1 fully saturated rings. The second kappa shape index (κ2) is 8.79. The van der Waals surface area contributed by atoms with E-state index in [1.54, 1.807) is 4.90 Å². The summed E-state index contributed by atoms with van der Waals surface area (Å²) in [7, 11) is 0. The molecular weight excluding hydrogens is 312 g/mol. The first-order chi connectivity index (χ1) is 12.3. The third-order valence-corrected chi connectivity index (χ3v) is 4.92. The van der Waals surface area contributed by atoms with Gasteiger partial charge >= 0.3 is 0 Å². The van der Waals surface area contributed by atoms with Gasteiger partial charge in [-0.25, -0.2) is 0 Å². The van der Waals surface area contributed by atoms with Crippen LogP contribution in [0, 0.1) is 0 Å². The van der Waals surface area contributed by atoms with Gasteiger partial charge in [0.2, 0.25) is 0 Å². The van der Waals surface area contributed by atoms with Crippen LogP contribution in [0.1, 0.15) is 18.4 Å². The molecule has 4 nitrogen and oxygen atoms in total. The Hall–Kier alpha value is -2.17. The minimum absolute atomic E-state index is 0.162. The minimum atomic E-state index is -0.441. The molecule has 132 valence electrons. The van der Waals surface area contributed by atoms with E-state index in [1.165, 1.54) is 5.56 Å². The van der Waals surface area contributed by atoms with Crippen molar-refractivity contribution in [1.82, 2.24) is 4.90 Å². The van der Waals surface area contributed by atoms with Crippen molar-refractivity contribution in [3.8, 4) is 0 Å². The monoisotopic (exact) mass is 338 g/mol. The average Bonchev–Trinajstić information content (AvgIpc) is 2.69. The molecule has 0 aromatic heterocycles. The van der Waals surface area contributed by atoms with Gasteiger partial charge in [-0.05, 0) is 37.0 Å². The number of nitrogens with zero attached hydrogens (tertiary/aromatic N) is 2. The summed E-state index contributed by atoms with van der Waals surface area (Å²) in [6.45, 7) is 2.58. The number of benzene rings is 2. The molecule has 0 unspecified atom stereocenters. The molecule has 1 aliphatic rings. The number of anilines is 1. The van der Waals surface area contributed by atoms with E-state index in [9.17, 15) is 9.90 Å². The SMILES string of the molecule is O=C(CO)N(c1ccccc1)C1CCN(CCc2ccccc2)CC1. The van der Waals surface area contributed by atoms with Crippen molar-refractivity contribution < 1.29 is 9.90 Å². The van der Waals surface area contributed by atoms with Gasteiger partial charge in [-0.1, -0.05) is 48.5 Å². The molecule has 1 N–H and O–H groups in total. The topological polar surface area (TPSA) is 43.8 Å². The molecular formula is C21H26N2O2. The van der Waals surface area contributed by atoms with Crippen LogP contribution < -0.4 is 4.90 Å². The number of hydrogen-bond acceptors (Lipinski definition) is 3. The summed E-state index contributed by atoms with van der Waals surface area (Å²) in [6, 6.07) is 20.4. The maximum atomic E-state index is 12.3. The van der Waals surface area contributed by atoms with Crippen molar-refractivity contribution in [2.75, 3.05) is 31.1 Å². The van der Waals surface area contributed by atoms with Gasteiger partial charge in [0.15, 0.2) is 0 Å². The van der Waals surface area contributed by atoms with Gasteiger partial charge in [0.05, 0.1) is 0 Å². The average molecular weight is 338 g/mol. The number of amides is 1. The molecule has 2 aromatic carbocycles. The molecule has 0 atom stereocenters. The smallest absolute Gasteiger partial charge is 0.252 e. The molecule has 0 radical (unpaired) electrons. The van der Waals surface area contributed by atoms with Crippen molar-refractivity contribution in [1.29, 1.82) is 0 Å². The Morgan fingerprint density at radius 2 is 1.60 bits per heavy atom. The third kappa shape index (κ3) is 4.68. The van der Waals surface area contributed by atoms with Gasteiger partial charge in [0, 0.05) is 31.4 Å². The van der Waals surface area contributed by atoms with E-state index in [-0.39, 0.29) is 11.9 Å². The summed E-state index contributed by atoms with van der Waals surface area (Å²) in [4.78, 5) is 16.5. The normalized spacial score (nSPS) is 15.9. The Balaban J connectivity index is 1.57. The molecule has 25 heavy (non-hydrogen) atoms. The van der Waals surface area contributed by atoms with E-state index >= 15 is 0 Å². The van der Waals surface area contributed by atoms with E-state index in [0.29, 0.717) is 0 Å². The highest BCUT2D eigenvalue weighted by Crippen LogP contribution is 2.24. The molecule has 0 saturated carbocycles. The van der Waals surface area contributed by atoms with Crippen LogP contribution in [0.25, 0.3) is 0 Å². The van der Waals surface area contributed by atoms with E-state index in [0.717, 1.165) is 44.6 Å². The number of aliphatic hydroxyl groups is 1. The van der Waals surface area contributed by atoms with Gasteiger partial charge < -0.3 is 14.9 Å². The Bertz CT molecular complexity index is 652. The number of likely N-dealkylation sites (tertiary alicyclic amines) is 1. The van der Waals surface area contributed by atoms with Crippen molar-refractivity contribution in [3.05, 3.63) is 66.2 Å². The third-order valence-electron chi connectivity index (χ3n) is 4.92. The molecule has 1 saturated heterocycles. The molecule has 1 heterocycles. The summed E-state index contributed by atoms with van der Waals surface area (Å²) in [5.74, 6) is -0.214. The lowest BCUT2D eigenvalue weighted by atomic mass is 10.0. The Morgan fingerprint density at radius 1 is 1.00 bits per heavy atom. The molecule has 2 aromatic rings. The predicted octanol–water partition coefficient (Wildman–Crippen LogP) is 2.72. The van der Waals surface area contributed by atoms with Crippen molar-refractivity contribution in [2.45, 2.75) is 25.3 Å². The number of hydrogen-bond donors (Lipinski definition) is 1. The van der Waals surface area contributed by atoms with Gasteiger partial charge in [0.25, 0.3) is 5.91 Å². The standard InChI is InChI=1S/C21H26N2O2/c24-17-21(25)23(19-9-5-2-6-10-19)20-12-15-22(16-13-20)14-11-18-7-3-1-4-8-18/h1-10,20,24H,11-17H2. The lowest BCUT2D eigenvalue weighted by Crippen LogP contribution is -2.48. The number of aliphatic hydroxyl groups excluding tert-OH is 1. The van der Waals surface area contributed by atoms with Crippen LogP contribution in [-0.4, -0.2) is 48.2 Å². The van der Waals surface area contributed by atoms with Crippen LogP contribution in [-0.2, 0) is 11.2 Å². The fourth-order valence-electron chi connectivity index (χ4n) is 3.56. The first kappa shape index (κ1) is 17.6. The number of rotatable bonds is 6. The molecule has 0 bridgehead atoms.